The average molecular weight is 275 g/mol. The number of hydrogen-bond donors (Lipinski definition) is 1. The zero-order valence-electron chi connectivity index (χ0n) is 11.3. The number of carbonyl (C=O) groups is 1. The lowest BCUT2D eigenvalue weighted by Crippen LogP contribution is -1.99. The van der Waals surface area contributed by atoms with Gasteiger partial charge in [0.1, 0.15) is 0 Å². The van der Waals surface area contributed by atoms with Crippen molar-refractivity contribution in [1.29, 1.82) is 5.26 Å². The van der Waals surface area contributed by atoms with Crippen LogP contribution in [0.15, 0.2) is 24.3 Å². The van der Waals surface area contributed by atoms with E-state index in [4.69, 9.17) is 19.8 Å². The van der Waals surface area contributed by atoms with Crippen LogP contribution < -0.4 is 9.47 Å². The maximum absolute atomic E-state index is 10.5. The number of nitriles is 1. The SMILES string of the molecule is COc1cc(C=CC(=O)O)ccc1OCCCCC#N. The van der Waals surface area contributed by atoms with Gasteiger partial charge in [0, 0.05) is 12.5 Å². The number of carboxylic acid groups (broad SMARTS) is 1. The van der Waals surface area contributed by atoms with Crippen LogP contribution in [0.2, 0.25) is 0 Å². The molecule has 1 aromatic rings. The third-order valence-corrected chi connectivity index (χ3v) is 2.55. The van der Waals surface area contributed by atoms with Crippen molar-refractivity contribution in [3.8, 4) is 17.6 Å². The van der Waals surface area contributed by atoms with Crippen molar-refractivity contribution in [2.45, 2.75) is 19.3 Å². The highest BCUT2D eigenvalue weighted by Gasteiger charge is 2.04. The molecule has 0 aliphatic carbocycles. The summed E-state index contributed by atoms with van der Waals surface area (Å²) >= 11 is 0. The number of unbranched alkanes of at least 4 members (excludes halogenated alkanes) is 2. The van der Waals surface area contributed by atoms with Crippen LogP contribution in [-0.4, -0.2) is 24.8 Å². The first-order chi connectivity index (χ1) is 9.67. The number of methoxy groups -OCH3 is 1. The van der Waals surface area contributed by atoms with Crippen molar-refractivity contribution in [3.05, 3.63) is 29.8 Å². The molecule has 106 valence electrons. The quantitative estimate of drug-likeness (QED) is 0.583. The van der Waals surface area contributed by atoms with Crippen molar-refractivity contribution < 1.29 is 19.4 Å². The van der Waals surface area contributed by atoms with Gasteiger partial charge in [-0.1, -0.05) is 6.07 Å². The van der Waals surface area contributed by atoms with E-state index in [0.717, 1.165) is 24.5 Å². The monoisotopic (exact) mass is 275 g/mol. The smallest absolute Gasteiger partial charge is 0.328 e. The van der Waals surface area contributed by atoms with Crippen LogP contribution in [0.3, 0.4) is 0 Å². The zero-order chi connectivity index (χ0) is 14.8. The molecule has 5 nitrogen and oxygen atoms in total. The van der Waals surface area contributed by atoms with Crippen molar-refractivity contribution >= 4 is 12.0 Å². The summed E-state index contributed by atoms with van der Waals surface area (Å²) in [5.41, 5.74) is 0.723. The van der Waals surface area contributed by atoms with Crippen molar-refractivity contribution in [1.82, 2.24) is 0 Å². The number of rotatable bonds is 8. The Bertz CT molecular complexity index is 517. The minimum absolute atomic E-state index is 0.516. The molecule has 0 bridgehead atoms. The minimum Gasteiger partial charge on any atom is -0.493 e. The largest absolute Gasteiger partial charge is 0.493 e. The molecule has 0 aromatic heterocycles. The Morgan fingerprint density at radius 1 is 1.40 bits per heavy atom. The fourth-order valence-electron chi connectivity index (χ4n) is 1.56. The Morgan fingerprint density at radius 3 is 2.85 bits per heavy atom. The van der Waals surface area contributed by atoms with Gasteiger partial charge in [-0.15, -0.1) is 0 Å². The van der Waals surface area contributed by atoms with Crippen LogP contribution in [-0.2, 0) is 4.79 Å². The van der Waals surface area contributed by atoms with E-state index >= 15 is 0 Å². The van der Waals surface area contributed by atoms with Gasteiger partial charge in [-0.05, 0) is 36.6 Å². The van der Waals surface area contributed by atoms with E-state index in [1.54, 1.807) is 18.2 Å². The van der Waals surface area contributed by atoms with E-state index in [-0.39, 0.29) is 0 Å². The topological polar surface area (TPSA) is 79.6 Å². The summed E-state index contributed by atoms with van der Waals surface area (Å²) in [7, 11) is 1.53. The molecular weight excluding hydrogens is 258 g/mol. The highest BCUT2D eigenvalue weighted by atomic mass is 16.5. The summed E-state index contributed by atoms with van der Waals surface area (Å²) in [6, 6.07) is 7.29. The van der Waals surface area contributed by atoms with Gasteiger partial charge in [0.05, 0.1) is 19.8 Å². The molecule has 0 aliphatic rings. The van der Waals surface area contributed by atoms with Crippen LogP contribution in [0.25, 0.3) is 6.08 Å². The number of carboxylic acids is 1. The lowest BCUT2D eigenvalue weighted by atomic mass is 10.2. The second-order valence-corrected chi connectivity index (χ2v) is 4.05. The maximum atomic E-state index is 10.5. The van der Waals surface area contributed by atoms with E-state index in [1.807, 2.05) is 0 Å². The molecule has 0 heterocycles. The van der Waals surface area contributed by atoms with Gasteiger partial charge >= 0.3 is 5.97 Å². The van der Waals surface area contributed by atoms with Crippen LogP contribution in [0.4, 0.5) is 0 Å². The van der Waals surface area contributed by atoms with Crippen LogP contribution in [0.1, 0.15) is 24.8 Å². The number of hydrogen-bond acceptors (Lipinski definition) is 4. The summed E-state index contributed by atoms with van der Waals surface area (Å²) in [6.45, 7) is 0.516. The number of aliphatic carboxylic acids is 1. The third kappa shape index (κ3) is 5.44. The van der Waals surface area contributed by atoms with E-state index in [0.29, 0.717) is 24.5 Å². The average Bonchev–Trinajstić information content (AvgIpc) is 2.45. The van der Waals surface area contributed by atoms with Crippen LogP contribution in [0.5, 0.6) is 11.5 Å². The molecule has 0 saturated carbocycles. The molecule has 1 aromatic carbocycles. The molecule has 0 saturated heterocycles. The second-order valence-electron chi connectivity index (χ2n) is 4.05. The predicted octanol–water partition coefficient (Wildman–Crippen LogP) is 2.87. The van der Waals surface area contributed by atoms with E-state index in [9.17, 15) is 4.79 Å². The van der Waals surface area contributed by atoms with Gasteiger partial charge in [0.25, 0.3) is 0 Å². The lowest BCUT2D eigenvalue weighted by Gasteiger charge is -2.11. The fourth-order valence-corrected chi connectivity index (χ4v) is 1.56. The Labute approximate surface area is 118 Å². The molecule has 0 spiro atoms. The molecular formula is C15H17NO4. The first-order valence-electron chi connectivity index (χ1n) is 6.26. The number of nitrogens with zero attached hydrogens (tertiary/aromatic N) is 1. The Kier molecular flexibility index (Phi) is 6.69. The van der Waals surface area contributed by atoms with Crippen molar-refractivity contribution in [3.63, 3.8) is 0 Å². The molecule has 5 heteroatoms. The fraction of sp³-hybridized carbons (Fsp3) is 0.333. The van der Waals surface area contributed by atoms with Gasteiger partial charge < -0.3 is 14.6 Å². The first-order valence-corrected chi connectivity index (χ1v) is 6.26. The normalized spacial score (nSPS) is 10.2. The Balaban J connectivity index is 2.64. The molecule has 1 N–H and O–H groups in total. The molecule has 0 unspecified atom stereocenters. The van der Waals surface area contributed by atoms with Gasteiger partial charge in [0.15, 0.2) is 11.5 Å². The van der Waals surface area contributed by atoms with E-state index in [1.165, 1.54) is 13.2 Å². The molecule has 0 fully saturated rings. The number of benzene rings is 1. The maximum Gasteiger partial charge on any atom is 0.328 e. The van der Waals surface area contributed by atoms with E-state index in [2.05, 4.69) is 6.07 Å². The lowest BCUT2D eigenvalue weighted by molar-refractivity contribution is -0.131. The summed E-state index contributed by atoms with van der Waals surface area (Å²) in [6.07, 6.45) is 4.69. The first kappa shape index (κ1) is 15.6. The van der Waals surface area contributed by atoms with Gasteiger partial charge in [-0.25, -0.2) is 4.79 Å². The third-order valence-electron chi connectivity index (χ3n) is 2.55. The standard InChI is InChI=1S/C15H17NO4/c1-19-14-11-12(6-8-15(17)18)5-7-13(14)20-10-4-2-3-9-16/h5-8,11H,2-4,10H2,1H3,(H,17,18). The van der Waals surface area contributed by atoms with E-state index < -0.39 is 5.97 Å². The van der Waals surface area contributed by atoms with Crippen molar-refractivity contribution in [2.75, 3.05) is 13.7 Å². The molecule has 0 aliphatic heterocycles. The van der Waals surface area contributed by atoms with Gasteiger partial charge in [0.2, 0.25) is 0 Å². The number of ether oxygens (including phenoxy) is 2. The molecule has 0 atom stereocenters. The Hall–Kier alpha value is -2.48. The summed E-state index contributed by atoms with van der Waals surface area (Å²) in [4.78, 5) is 10.5. The van der Waals surface area contributed by atoms with Crippen LogP contribution in [0, 0.1) is 11.3 Å². The van der Waals surface area contributed by atoms with Crippen molar-refractivity contribution in [2.24, 2.45) is 0 Å². The predicted molar refractivity (Wildman–Crippen MR) is 74.6 cm³/mol. The molecule has 0 amide bonds. The highest BCUT2D eigenvalue weighted by molar-refractivity contribution is 5.85. The molecule has 1 rings (SSSR count). The minimum atomic E-state index is -0.998. The Morgan fingerprint density at radius 2 is 2.20 bits per heavy atom. The van der Waals surface area contributed by atoms with Gasteiger partial charge in [-0.3, -0.25) is 0 Å². The molecule has 20 heavy (non-hydrogen) atoms. The summed E-state index contributed by atoms with van der Waals surface area (Å²) in [5.74, 6) is 0.163. The summed E-state index contributed by atoms with van der Waals surface area (Å²) in [5, 5.41) is 17.0. The van der Waals surface area contributed by atoms with Gasteiger partial charge in [-0.2, -0.15) is 5.26 Å². The second kappa shape index (κ2) is 8.59. The molecule has 0 radical (unpaired) electrons. The highest BCUT2D eigenvalue weighted by Crippen LogP contribution is 2.28. The zero-order valence-corrected chi connectivity index (χ0v) is 11.3. The summed E-state index contributed by atoms with van der Waals surface area (Å²) < 4.78 is 10.8. The van der Waals surface area contributed by atoms with Crippen LogP contribution >= 0.6 is 0 Å².